The Morgan fingerprint density at radius 2 is 2.20 bits per heavy atom. The van der Waals surface area contributed by atoms with Gasteiger partial charge in [0.2, 0.25) is 5.91 Å². The lowest BCUT2D eigenvalue weighted by atomic mass is 10.1. The zero-order valence-corrected chi connectivity index (χ0v) is 15.6. The van der Waals surface area contributed by atoms with Crippen LogP contribution in [-0.4, -0.2) is 25.2 Å². The van der Waals surface area contributed by atoms with Gasteiger partial charge in [0.05, 0.1) is 24.0 Å². The number of fused-ring (bicyclic) bond motifs is 1. The summed E-state index contributed by atoms with van der Waals surface area (Å²) < 4.78 is 3.12. The maximum atomic E-state index is 12.5. The molecule has 0 fully saturated rings. The molecule has 0 radical (unpaired) electrons. The fourth-order valence-electron chi connectivity index (χ4n) is 2.76. The van der Waals surface area contributed by atoms with Crippen LogP contribution in [0, 0.1) is 6.92 Å². The predicted molar refractivity (Wildman–Crippen MR) is 97.8 cm³/mol. The van der Waals surface area contributed by atoms with Crippen LogP contribution < -0.4 is 10.9 Å². The molecule has 3 rings (SSSR count). The number of nitrogens with zero attached hydrogens (tertiary/aromatic N) is 4. The van der Waals surface area contributed by atoms with Crippen molar-refractivity contribution < 1.29 is 4.79 Å². The summed E-state index contributed by atoms with van der Waals surface area (Å²) in [6.45, 7) is 5.84. The summed E-state index contributed by atoms with van der Waals surface area (Å²) in [4.78, 5) is 31.0. The third-order valence-corrected chi connectivity index (χ3v) is 5.54. The summed E-state index contributed by atoms with van der Waals surface area (Å²) in [6.07, 6.45) is 4.06. The van der Waals surface area contributed by atoms with E-state index in [-0.39, 0.29) is 24.1 Å². The van der Waals surface area contributed by atoms with Crippen molar-refractivity contribution in [1.82, 2.24) is 24.6 Å². The SMILES string of the molecule is CCc1cc2c(=O)n(CC(=O)N[C@@H](C)c3cnn(C)c3C)cnc2s1. The smallest absolute Gasteiger partial charge is 0.262 e. The molecule has 0 aliphatic heterocycles. The molecular formula is C17H21N5O2S. The molecule has 0 saturated heterocycles. The molecule has 0 unspecified atom stereocenters. The minimum Gasteiger partial charge on any atom is -0.348 e. The lowest BCUT2D eigenvalue weighted by molar-refractivity contribution is -0.122. The van der Waals surface area contributed by atoms with Crippen molar-refractivity contribution in [3.05, 3.63) is 45.1 Å². The van der Waals surface area contributed by atoms with Crippen molar-refractivity contribution >= 4 is 27.5 Å². The summed E-state index contributed by atoms with van der Waals surface area (Å²) in [5.41, 5.74) is 1.78. The number of nitrogens with one attached hydrogen (secondary N) is 1. The molecular weight excluding hydrogens is 338 g/mol. The van der Waals surface area contributed by atoms with Crippen molar-refractivity contribution in [3.8, 4) is 0 Å². The highest BCUT2D eigenvalue weighted by Gasteiger charge is 2.16. The second-order valence-corrected chi connectivity index (χ2v) is 7.18. The van der Waals surface area contributed by atoms with Gasteiger partial charge in [-0.25, -0.2) is 4.98 Å². The number of carbonyl (C=O) groups is 1. The van der Waals surface area contributed by atoms with Crippen LogP contribution in [0.25, 0.3) is 10.2 Å². The van der Waals surface area contributed by atoms with E-state index in [0.29, 0.717) is 5.39 Å². The second-order valence-electron chi connectivity index (χ2n) is 6.06. The van der Waals surface area contributed by atoms with Gasteiger partial charge in [-0.15, -0.1) is 11.3 Å². The molecule has 3 heterocycles. The number of amides is 1. The van der Waals surface area contributed by atoms with Gasteiger partial charge in [0, 0.05) is 23.2 Å². The minimum atomic E-state index is -0.232. The van der Waals surface area contributed by atoms with Gasteiger partial charge in [-0.1, -0.05) is 6.92 Å². The van der Waals surface area contributed by atoms with E-state index in [1.165, 1.54) is 22.2 Å². The summed E-state index contributed by atoms with van der Waals surface area (Å²) in [7, 11) is 1.86. The van der Waals surface area contributed by atoms with E-state index in [1.54, 1.807) is 10.9 Å². The fraction of sp³-hybridized carbons (Fsp3) is 0.412. The van der Waals surface area contributed by atoms with Crippen LogP contribution in [0.5, 0.6) is 0 Å². The Balaban J connectivity index is 1.76. The molecule has 1 atom stereocenters. The number of aromatic nitrogens is 4. The molecule has 8 heteroatoms. The Bertz CT molecular complexity index is 985. The summed E-state index contributed by atoms with van der Waals surface area (Å²) >= 11 is 1.52. The normalized spacial score (nSPS) is 12.5. The van der Waals surface area contributed by atoms with Crippen LogP contribution in [0.2, 0.25) is 0 Å². The first kappa shape index (κ1) is 17.3. The van der Waals surface area contributed by atoms with Gasteiger partial charge in [-0.3, -0.25) is 18.8 Å². The van der Waals surface area contributed by atoms with E-state index in [4.69, 9.17) is 0 Å². The lowest BCUT2D eigenvalue weighted by Crippen LogP contribution is -2.34. The topological polar surface area (TPSA) is 81.8 Å². The predicted octanol–water partition coefficient (Wildman–Crippen LogP) is 1.94. The van der Waals surface area contributed by atoms with Gasteiger partial charge >= 0.3 is 0 Å². The van der Waals surface area contributed by atoms with Crippen LogP contribution in [0.3, 0.4) is 0 Å². The van der Waals surface area contributed by atoms with E-state index in [1.807, 2.05) is 33.9 Å². The van der Waals surface area contributed by atoms with Gasteiger partial charge in [0.25, 0.3) is 5.56 Å². The highest BCUT2D eigenvalue weighted by Crippen LogP contribution is 2.21. The maximum Gasteiger partial charge on any atom is 0.262 e. The van der Waals surface area contributed by atoms with Gasteiger partial charge in [-0.05, 0) is 26.3 Å². The first-order valence-corrected chi connectivity index (χ1v) is 8.98. The Morgan fingerprint density at radius 1 is 1.44 bits per heavy atom. The first-order chi connectivity index (χ1) is 11.9. The molecule has 132 valence electrons. The zero-order chi connectivity index (χ0) is 18.1. The Labute approximate surface area is 149 Å². The Hall–Kier alpha value is -2.48. The minimum absolute atomic E-state index is 0.0528. The van der Waals surface area contributed by atoms with Crippen LogP contribution in [0.15, 0.2) is 23.4 Å². The third-order valence-electron chi connectivity index (χ3n) is 4.35. The van der Waals surface area contributed by atoms with Gasteiger partial charge in [-0.2, -0.15) is 5.10 Å². The molecule has 25 heavy (non-hydrogen) atoms. The van der Waals surface area contributed by atoms with Gasteiger partial charge < -0.3 is 5.32 Å². The molecule has 0 aliphatic carbocycles. The number of aryl methyl sites for hydroxylation is 2. The second kappa shape index (κ2) is 6.79. The first-order valence-electron chi connectivity index (χ1n) is 8.16. The average molecular weight is 359 g/mol. The van der Waals surface area contributed by atoms with Crippen molar-refractivity contribution in [2.75, 3.05) is 0 Å². The average Bonchev–Trinajstić information content (AvgIpc) is 3.14. The van der Waals surface area contributed by atoms with E-state index in [9.17, 15) is 9.59 Å². The largest absolute Gasteiger partial charge is 0.348 e. The summed E-state index contributed by atoms with van der Waals surface area (Å²) in [6, 6.07) is 1.69. The number of rotatable bonds is 5. The van der Waals surface area contributed by atoms with Crippen LogP contribution in [0.4, 0.5) is 0 Å². The molecule has 0 aromatic carbocycles. The van der Waals surface area contributed by atoms with Crippen molar-refractivity contribution in [2.45, 2.75) is 39.8 Å². The summed E-state index contributed by atoms with van der Waals surface area (Å²) in [5, 5.41) is 7.68. The van der Waals surface area contributed by atoms with Crippen molar-refractivity contribution in [2.24, 2.45) is 7.05 Å². The van der Waals surface area contributed by atoms with Crippen LogP contribution >= 0.6 is 11.3 Å². The van der Waals surface area contributed by atoms with E-state index in [2.05, 4.69) is 15.4 Å². The third kappa shape index (κ3) is 3.34. The molecule has 1 amide bonds. The van der Waals surface area contributed by atoms with Crippen LogP contribution in [-0.2, 0) is 24.8 Å². The standard InChI is InChI=1S/C17H21N5O2S/c1-5-12-6-13-16(25-12)18-9-22(17(13)24)8-15(23)20-10(2)14-7-19-21(4)11(14)3/h6-7,9-10H,5,8H2,1-4H3,(H,20,23)/t10-/m0/s1. The molecule has 0 bridgehead atoms. The Kier molecular flexibility index (Phi) is 4.71. The highest BCUT2D eigenvalue weighted by molar-refractivity contribution is 7.18. The van der Waals surface area contributed by atoms with E-state index in [0.717, 1.165) is 27.4 Å². The van der Waals surface area contributed by atoms with Crippen LogP contribution in [0.1, 0.15) is 36.0 Å². The van der Waals surface area contributed by atoms with E-state index < -0.39 is 0 Å². The van der Waals surface area contributed by atoms with Crippen molar-refractivity contribution in [3.63, 3.8) is 0 Å². The molecule has 0 aliphatic rings. The molecule has 3 aromatic heterocycles. The highest BCUT2D eigenvalue weighted by atomic mass is 32.1. The van der Waals surface area contributed by atoms with E-state index >= 15 is 0 Å². The van der Waals surface area contributed by atoms with Crippen molar-refractivity contribution in [1.29, 1.82) is 0 Å². The number of thiophene rings is 1. The molecule has 0 saturated carbocycles. The quantitative estimate of drug-likeness (QED) is 0.755. The zero-order valence-electron chi connectivity index (χ0n) is 14.7. The molecule has 0 spiro atoms. The summed E-state index contributed by atoms with van der Waals surface area (Å²) in [5.74, 6) is -0.232. The lowest BCUT2D eigenvalue weighted by Gasteiger charge is -2.14. The number of hydrogen-bond donors (Lipinski definition) is 1. The molecule has 3 aromatic rings. The maximum absolute atomic E-state index is 12.5. The van der Waals surface area contributed by atoms with Gasteiger partial charge in [0.15, 0.2) is 0 Å². The molecule has 1 N–H and O–H groups in total. The number of hydrogen-bond acceptors (Lipinski definition) is 5. The monoisotopic (exact) mass is 359 g/mol. The van der Waals surface area contributed by atoms with Gasteiger partial charge in [0.1, 0.15) is 11.4 Å². The molecule has 7 nitrogen and oxygen atoms in total. The fourth-order valence-corrected chi connectivity index (χ4v) is 3.68. The number of carbonyl (C=O) groups excluding carboxylic acids is 1. The Morgan fingerprint density at radius 3 is 2.84 bits per heavy atom.